The largest absolute Gasteiger partial charge is 0.378 e. The van der Waals surface area contributed by atoms with Gasteiger partial charge in [0, 0.05) is 13.0 Å². The molecule has 1 aliphatic heterocycles. The highest BCUT2D eigenvalue weighted by molar-refractivity contribution is 5.76. The van der Waals surface area contributed by atoms with Crippen LogP contribution in [0.2, 0.25) is 0 Å². The molecule has 0 saturated carbocycles. The van der Waals surface area contributed by atoms with Gasteiger partial charge in [0.2, 0.25) is 5.91 Å². The van der Waals surface area contributed by atoms with Gasteiger partial charge in [0.1, 0.15) is 0 Å². The average Bonchev–Trinajstić information content (AvgIpc) is 2.75. The average molecular weight is 209 g/mol. The fraction of sp³-hybridized carbons (Fsp3) is 0.750. The molecule has 1 saturated heterocycles. The quantitative estimate of drug-likeness (QED) is 0.696. The number of hydrogen-bond donors (Lipinski definition) is 1. The molecular weight excluding hydrogens is 190 g/mol. The summed E-state index contributed by atoms with van der Waals surface area (Å²) in [4.78, 5) is 11.5. The molecule has 1 amide bonds. The van der Waals surface area contributed by atoms with Crippen LogP contribution in [0.15, 0.2) is 0 Å². The van der Waals surface area contributed by atoms with Crippen LogP contribution in [-0.2, 0) is 9.53 Å². The molecule has 2 atom stereocenters. The molecule has 0 aromatic carbocycles. The zero-order valence-electron chi connectivity index (χ0n) is 9.29. The standard InChI is InChI=1S/C12H19NO2/c1-3-10(4-2)13-12(14)8-7-11-6-5-9-15-11/h1,10-11H,4-9H2,2H3,(H,13,14). The predicted molar refractivity (Wildman–Crippen MR) is 59.3 cm³/mol. The van der Waals surface area contributed by atoms with E-state index in [-0.39, 0.29) is 18.1 Å². The van der Waals surface area contributed by atoms with E-state index in [4.69, 9.17) is 11.2 Å². The molecule has 0 aromatic rings. The Morgan fingerprint density at radius 3 is 3.07 bits per heavy atom. The fourth-order valence-corrected chi connectivity index (χ4v) is 1.69. The van der Waals surface area contributed by atoms with Gasteiger partial charge in [-0.2, -0.15) is 0 Å². The van der Waals surface area contributed by atoms with Gasteiger partial charge in [-0.3, -0.25) is 4.79 Å². The molecule has 3 nitrogen and oxygen atoms in total. The first-order valence-electron chi connectivity index (χ1n) is 5.63. The summed E-state index contributed by atoms with van der Waals surface area (Å²) in [5.41, 5.74) is 0. The molecule has 0 radical (unpaired) electrons. The number of ether oxygens (including phenoxy) is 1. The monoisotopic (exact) mass is 209 g/mol. The van der Waals surface area contributed by atoms with Gasteiger partial charge >= 0.3 is 0 Å². The molecule has 1 aliphatic rings. The highest BCUT2D eigenvalue weighted by Crippen LogP contribution is 2.16. The van der Waals surface area contributed by atoms with Gasteiger partial charge in [-0.25, -0.2) is 0 Å². The molecule has 0 spiro atoms. The SMILES string of the molecule is C#CC(CC)NC(=O)CCC1CCCO1. The van der Waals surface area contributed by atoms with Gasteiger partial charge < -0.3 is 10.1 Å². The molecule has 84 valence electrons. The van der Waals surface area contributed by atoms with E-state index in [9.17, 15) is 4.79 Å². The fourth-order valence-electron chi connectivity index (χ4n) is 1.69. The summed E-state index contributed by atoms with van der Waals surface area (Å²) in [6, 6.07) is -0.123. The van der Waals surface area contributed by atoms with Crippen molar-refractivity contribution < 1.29 is 9.53 Å². The van der Waals surface area contributed by atoms with Crippen molar-refractivity contribution in [1.82, 2.24) is 5.32 Å². The summed E-state index contributed by atoms with van der Waals surface area (Å²) in [7, 11) is 0. The van der Waals surface area contributed by atoms with E-state index >= 15 is 0 Å². The Morgan fingerprint density at radius 2 is 2.53 bits per heavy atom. The van der Waals surface area contributed by atoms with E-state index in [1.54, 1.807) is 0 Å². The summed E-state index contributed by atoms with van der Waals surface area (Å²) >= 11 is 0. The summed E-state index contributed by atoms with van der Waals surface area (Å²) in [6.45, 7) is 2.80. The van der Waals surface area contributed by atoms with Crippen molar-refractivity contribution >= 4 is 5.91 Å². The van der Waals surface area contributed by atoms with Crippen LogP contribution in [0, 0.1) is 12.3 Å². The van der Waals surface area contributed by atoms with Crippen molar-refractivity contribution in [2.45, 2.75) is 51.2 Å². The van der Waals surface area contributed by atoms with Gasteiger partial charge in [-0.05, 0) is 25.7 Å². The lowest BCUT2D eigenvalue weighted by atomic mass is 10.1. The Kier molecular flexibility index (Phi) is 5.20. The van der Waals surface area contributed by atoms with Crippen molar-refractivity contribution in [3.63, 3.8) is 0 Å². The van der Waals surface area contributed by atoms with Crippen molar-refractivity contribution in [2.24, 2.45) is 0 Å². The molecule has 0 bridgehead atoms. The van der Waals surface area contributed by atoms with Crippen LogP contribution < -0.4 is 5.32 Å². The number of carbonyl (C=O) groups is 1. The molecule has 1 rings (SSSR count). The van der Waals surface area contributed by atoms with Gasteiger partial charge in [-0.15, -0.1) is 6.42 Å². The maximum Gasteiger partial charge on any atom is 0.221 e. The third kappa shape index (κ3) is 4.35. The third-order valence-electron chi connectivity index (χ3n) is 2.66. The smallest absolute Gasteiger partial charge is 0.221 e. The summed E-state index contributed by atoms with van der Waals surface area (Å²) in [5, 5.41) is 2.81. The van der Waals surface area contributed by atoms with E-state index in [0.29, 0.717) is 6.42 Å². The minimum atomic E-state index is -0.123. The maximum absolute atomic E-state index is 11.5. The zero-order valence-corrected chi connectivity index (χ0v) is 9.29. The minimum absolute atomic E-state index is 0.0373. The van der Waals surface area contributed by atoms with Gasteiger partial charge in [0.25, 0.3) is 0 Å². The van der Waals surface area contributed by atoms with Gasteiger partial charge in [-0.1, -0.05) is 12.8 Å². The van der Waals surface area contributed by atoms with E-state index in [1.165, 1.54) is 0 Å². The van der Waals surface area contributed by atoms with Crippen molar-refractivity contribution in [2.75, 3.05) is 6.61 Å². The van der Waals surface area contributed by atoms with Crippen LogP contribution >= 0.6 is 0 Å². The summed E-state index contributed by atoms with van der Waals surface area (Å²) in [6.07, 6.45) is 9.85. The first-order chi connectivity index (χ1) is 7.26. The Morgan fingerprint density at radius 1 is 1.73 bits per heavy atom. The molecule has 1 N–H and O–H groups in total. The number of terminal acetylenes is 1. The van der Waals surface area contributed by atoms with Crippen LogP contribution in [0.3, 0.4) is 0 Å². The second-order valence-corrected chi connectivity index (χ2v) is 3.87. The molecule has 0 aromatic heterocycles. The predicted octanol–water partition coefficient (Wildman–Crippen LogP) is 1.47. The van der Waals surface area contributed by atoms with E-state index in [1.807, 2.05) is 6.92 Å². The zero-order chi connectivity index (χ0) is 11.1. The lowest BCUT2D eigenvalue weighted by molar-refractivity contribution is -0.122. The Hall–Kier alpha value is -1.01. The Labute approximate surface area is 91.6 Å². The summed E-state index contributed by atoms with van der Waals surface area (Å²) < 4.78 is 5.44. The Bertz CT molecular complexity index is 238. The molecule has 1 fully saturated rings. The van der Waals surface area contributed by atoms with Gasteiger partial charge in [0.15, 0.2) is 0 Å². The first-order valence-corrected chi connectivity index (χ1v) is 5.63. The highest BCUT2D eigenvalue weighted by atomic mass is 16.5. The van der Waals surface area contributed by atoms with Crippen LogP contribution in [0.25, 0.3) is 0 Å². The second kappa shape index (κ2) is 6.47. The molecule has 1 heterocycles. The summed E-state index contributed by atoms with van der Waals surface area (Å²) in [5.74, 6) is 2.58. The minimum Gasteiger partial charge on any atom is -0.378 e. The Balaban J connectivity index is 2.15. The molecule has 3 heteroatoms. The maximum atomic E-state index is 11.5. The number of hydrogen-bond acceptors (Lipinski definition) is 2. The lowest BCUT2D eigenvalue weighted by Crippen LogP contribution is -2.33. The third-order valence-corrected chi connectivity index (χ3v) is 2.66. The number of carbonyl (C=O) groups excluding carboxylic acids is 1. The van der Waals surface area contributed by atoms with Crippen LogP contribution in [0.5, 0.6) is 0 Å². The normalized spacial score (nSPS) is 22.0. The topological polar surface area (TPSA) is 38.3 Å². The molecule has 15 heavy (non-hydrogen) atoms. The molecular formula is C12H19NO2. The number of rotatable bonds is 5. The number of nitrogens with one attached hydrogen (secondary N) is 1. The van der Waals surface area contributed by atoms with Crippen LogP contribution in [0.4, 0.5) is 0 Å². The van der Waals surface area contributed by atoms with Crippen molar-refractivity contribution in [3.8, 4) is 12.3 Å². The van der Waals surface area contributed by atoms with E-state index in [2.05, 4.69) is 11.2 Å². The van der Waals surface area contributed by atoms with Crippen LogP contribution in [0.1, 0.15) is 39.0 Å². The highest BCUT2D eigenvalue weighted by Gasteiger charge is 2.17. The molecule has 2 unspecified atom stereocenters. The van der Waals surface area contributed by atoms with Crippen molar-refractivity contribution in [1.29, 1.82) is 0 Å². The molecule has 0 aliphatic carbocycles. The van der Waals surface area contributed by atoms with Crippen molar-refractivity contribution in [3.05, 3.63) is 0 Å². The second-order valence-electron chi connectivity index (χ2n) is 3.87. The number of amides is 1. The van der Waals surface area contributed by atoms with E-state index < -0.39 is 0 Å². The van der Waals surface area contributed by atoms with Crippen LogP contribution in [-0.4, -0.2) is 24.7 Å². The first kappa shape index (κ1) is 12.1. The lowest BCUT2D eigenvalue weighted by Gasteiger charge is -2.12. The van der Waals surface area contributed by atoms with Gasteiger partial charge in [0.05, 0.1) is 12.1 Å². The van der Waals surface area contributed by atoms with E-state index in [0.717, 1.165) is 32.3 Å².